The average Bonchev–Trinajstić information content (AvgIpc) is 2.80. The van der Waals surface area contributed by atoms with E-state index in [0.717, 1.165) is 0 Å². The highest BCUT2D eigenvalue weighted by atomic mass is 31.2. The summed E-state index contributed by atoms with van der Waals surface area (Å²) in [5.41, 5.74) is 0. The number of carbonyl (C=O) groups excluding carboxylic acids is 5. The Morgan fingerprint density at radius 2 is 1.09 bits per heavy atom. The summed E-state index contributed by atoms with van der Waals surface area (Å²) in [6.07, 6.45) is 2.44. The summed E-state index contributed by atoms with van der Waals surface area (Å²) in [6, 6.07) is 0. The first-order chi connectivity index (χ1) is 16.5. The largest absolute Gasteiger partial charge is 0.355 e. The van der Waals surface area contributed by atoms with Crippen LogP contribution in [0.15, 0.2) is 0 Å². The molecule has 1 amide bonds. The van der Waals surface area contributed by atoms with Gasteiger partial charge in [0.1, 0.15) is 23.1 Å². The third-order valence-corrected chi connectivity index (χ3v) is 8.51. The van der Waals surface area contributed by atoms with Crippen LogP contribution in [0.25, 0.3) is 0 Å². The van der Waals surface area contributed by atoms with Gasteiger partial charge in [-0.25, -0.2) is 14.4 Å². The molecule has 0 saturated heterocycles. The number of rotatable bonds is 22. The van der Waals surface area contributed by atoms with Gasteiger partial charge in [0.05, 0.1) is 0 Å². The summed E-state index contributed by atoms with van der Waals surface area (Å²) in [5.74, 6) is -0.244. The molecule has 202 valence electrons. The van der Waals surface area contributed by atoms with E-state index in [4.69, 9.17) is 0 Å². The molecule has 1 unspecified atom stereocenters. The van der Waals surface area contributed by atoms with Crippen LogP contribution in [0.3, 0.4) is 0 Å². The van der Waals surface area contributed by atoms with E-state index in [0.29, 0.717) is 25.7 Å². The van der Waals surface area contributed by atoms with Crippen LogP contribution >= 0.6 is 7.59 Å². The van der Waals surface area contributed by atoms with Crippen molar-refractivity contribution in [3.05, 3.63) is 0 Å². The van der Waals surface area contributed by atoms with Gasteiger partial charge in [-0.3, -0.25) is 28.5 Å². The first kappa shape index (κ1) is 33.3. The van der Waals surface area contributed by atoms with E-state index >= 15 is 0 Å². The van der Waals surface area contributed by atoms with Crippen molar-refractivity contribution in [2.75, 3.05) is 39.3 Å². The monoisotopic (exact) mass is 516 g/mol. The number of nitrogens with zero attached hydrogens (tertiary/aromatic N) is 2. The van der Waals surface area contributed by atoms with Crippen molar-refractivity contribution in [2.45, 2.75) is 86.0 Å². The standard InChI is InChI=1S/C24H45N4O6P/c1-6-9-24(33)25-14-15-26-35(34,27(16-10-20(4)29)17-11-21(5)30)28(18-12-22(31)7-2)19-13-23(32)8-3/h6-19H2,1-5H3,(H,25,33)(H,26,34). The summed E-state index contributed by atoms with van der Waals surface area (Å²) in [6.45, 7) is 9.41. The van der Waals surface area contributed by atoms with Crippen molar-refractivity contribution in [3.63, 3.8) is 0 Å². The molecule has 2 N–H and O–H groups in total. The molecule has 0 aliphatic rings. The van der Waals surface area contributed by atoms with Gasteiger partial charge in [0.25, 0.3) is 7.59 Å². The van der Waals surface area contributed by atoms with Crippen molar-refractivity contribution in [1.82, 2.24) is 19.7 Å². The Morgan fingerprint density at radius 1 is 0.657 bits per heavy atom. The Balaban J connectivity index is 6.00. The summed E-state index contributed by atoms with van der Waals surface area (Å²) in [5, 5.41) is 5.85. The zero-order chi connectivity index (χ0) is 26.9. The molecule has 0 aromatic rings. The SMILES string of the molecule is CCCC(=O)NCCNP(=O)(N(CCC(C)=O)CCC(C)=O)N(CCC(=O)CC)CCC(=O)CC. The van der Waals surface area contributed by atoms with Crippen LogP contribution in [0.4, 0.5) is 0 Å². The maximum atomic E-state index is 14.6. The van der Waals surface area contributed by atoms with E-state index in [-0.39, 0.29) is 94.0 Å². The van der Waals surface area contributed by atoms with Gasteiger partial charge in [-0.05, 0) is 20.3 Å². The van der Waals surface area contributed by atoms with Gasteiger partial charge in [-0.1, -0.05) is 20.8 Å². The minimum Gasteiger partial charge on any atom is -0.355 e. The van der Waals surface area contributed by atoms with E-state index in [2.05, 4.69) is 10.4 Å². The molecule has 0 bridgehead atoms. The molecule has 0 radical (unpaired) electrons. The number of nitrogens with one attached hydrogen (secondary N) is 2. The molecule has 0 aliphatic carbocycles. The van der Waals surface area contributed by atoms with Crippen LogP contribution in [0.5, 0.6) is 0 Å². The lowest BCUT2D eigenvalue weighted by Gasteiger charge is -2.39. The van der Waals surface area contributed by atoms with Crippen LogP contribution < -0.4 is 10.4 Å². The zero-order valence-electron chi connectivity index (χ0n) is 22.2. The lowest BCUT2D eigenvalue weighted by Crippen LogP contribution is -2.43. The van der Waals surface area contributed by atoms with Crippen LogP contribution in [0.1, 0.15) is 86.0 Å². The lowest BCUT2D eigenvalue weighted by molar-refractivity contribution is -0.121. The van der Waals surface area contributed by atoms with Gasteiger partial charge >= 0.3 is 0 Å². The Labute approximate surface area is 210 Å². The maximum absolute atomic E-state index is 14.6. The van der Waals surface area contributed by atoms with Gasteiger partial charge in [-0.2, -0.15) is 0 Å². The molecule has 0 spiro atoms. The average molecular weight is 517 g/mol. The van der Waals surface area contributed by atoms with Crippen LogP contribution in [-0.4, -0.2) is 77.6 Å². The van der Waals surface area contributed by atoms with Crippen molar-refractivity contribution < 1.29 is 28.5 Å². The first-order valence-electron chi connectivity index (χ1n) is 12.6. The number of hydrogen-bond acceptors (Lipinski definition) is 6. The fourth-order valence-corrected chi connectivity index (χ4v) is 5.94. The molecule has 1 atom stereocenters. The Hall–Kier alpha value is -1.74. The summed E-state index contributed by atoms with van der Waals surface area (Å²) >= 11 is 0. The normalized spacial score (nSPS) is 13.0. The molecule has 0 saturated carbocycles. The second kappa shape index (κ2) is 18.5. The summed E-state index contributed by atoms with van der Waals surface area (Å²) < 4.78 is 17.8. The highest BCUT2D eigenvalue weighted by molar-refractivity contribution is 7.57. The second-order valence-electron chi connectivity index (χ2n) is 8.65. The van der Waals surface area contributed by atoms with E-state index in [9.17, 15) is 28.5 Å². The molecule has 0 rings (SSSR count). The van der Waals surface area contributed by atoms with Gasteiger partial charge in [0.15, 0.2) is 0 Å². The zero-order valence-corrected chi connectivity index (χ0v) is 23.1. The van der Waals surface area contributed by atoms with Crippen molar-refractivity contribution in [1.29, 1.82) is 0 Å². The van der Waals surface area contributed by atoms with Crippen LogP contribution in [0, 0.1) is 0 Å². The molecule has 0 aliphatic heterocycles. The lowest BCUT2D eigenvalue weighted by atomic mass is 10.2. The van der Waals surface area contributed by atoms with Gasteiger partial charge in [0.2, 0.25) is 5.91 Å². The van der Waals surface area contributed by atoms with Crippen LogP contribution in [-0.2, 0) is 28.5 Å². The Kier molecular flexibility index (Phi) is 17.6. The fraction of sp³-hybridized carbons (Fsp3) is 0.792. The number of Topliss-reactive ketones (excluding diaryl/α,β-unsaturated/α-hetero) is 4. The molecule has 0 fully saturated rings. The van der Waals surface area contributed by atoms with Crippen LogP contribution in [0.2, 0.25) is 0 Å². The second-order valence-corrected chi connectivity index (χ2v) is 11.2. The van der Waals surface area contributed by atoms with E-state index in [1.807, 2.05) is 6.92 Å². The van der Waals surface area contributed by atoms with Gasteiger partial charge in [-0.15, -0.1) is 0 Å². The maximum Gasteiger partial charge on any atom is 0.284 e. The Bertz CT molecular complexity index is 720. The quantitative estimate of drug-likeness (QED) is 0.165. The number of carbonyl (C=O) groups is 5. The smallest absolute Gasteiger partial charge is 0.284 e. The van der Waals surface area contributed by atoms with Gasteiger partial charge in [0, 0.05) is 84.2 Å². The van der Waals surface area contributed by atoms with Gasteiger partial charge < -0.3 is 5.32 Å². The predicted octanol–water partition coefficient (Wildman–Crippen LogP) is 2.90. The van der Waals surface area contributed by atoms with E-state index < -0.39 is 7.59 Å². The molecular formula is C24H45N4O6P. The molecule has 35 heavy (non-hydrogen) atoms. The summed E-state index contributed by atoms with van der Waals surface area (Å²) in [4.78, 5) is 59.5. The van der Waals surface area contributed by atoms with Crippen molar-refractivity contribution in [2.24, 2.45) is 0 Å². The highest BCUT2D eigenvalue weighted by Crippen LogP contribution is 2.49. The highest BCUT2D eigenvalue weighted by Gasteiger charge is 2.37. The fourth-order valence-electron chi connectivity index (χ4n) is 3.30. The van der Waals surface area contributed by atoms with Crippen molar-refractivity contribution in [3.8, 4) is 0 Å². The predicted molar refractivity (Wildman–Crippen MR) is 137 cm³/mol. The summed E-state index contributed by atoms with van der Waals surface area (Å²) in [7, 11) is -3.60. The van der Waals surface area contributed by atoms with E-state index in [1.165, 1.54) is 13.8 Å². The van der Waals surface area contributed by atoms with Crippen molar-refractivity contribution >= 4 is 36.6 Å². The third kappa shape index (κ3) is 14.4. The molecule has 0 heterocycles. The minimum absolute atomic E-state index is 0.00854. The Morgan fingerprint density at radius 3 is 1.46 bits per heavy atom. The van der Waals surface area contributed by atoms with E-state index in [1.54, 1.807) is 23.2 Å². The first-order valence-corrected chi connectivity index (χ1v) is 14.3. The number of ketones is 4. The molecule has 10 nitrogen and oxygen atoms in total. The molecular weight excluding hydrogens is 471 g/mol. The molecule has 0 aromatic heterocycles. The molecule has 0 aromatic carbocycles. The minimum atomic E-state index is -3.60. The topological polar surface area (TPSA) is 133 Å². The number of hydrogen-bond donors (Lipinski definition) is 2. The number of amides is 1. The third-order valence-electron chi connectivity index (χ3n) is 5.54. The molecule has 11 heteroatoms.